The Hall–Kier alpha value is -1.55. The summed E-state index contributed by atoms with van der Waals surface area (Å²) in [5.74, 6) is 0.416. The van der Waals surface area contributed by atoms with Crippen molar-refractivity contribution in [3.63, 3.8) is 0 Å². The minimum Gasteiger partial charge on any atom is -0.388 e. The molecular formula is C14H18N2O2. The molecule has 1 aliphatic carbocycles. The Bertz CT molecular complexity index is 483. The first-order valence-corrected chi connectivity index (χ1v) is 6.48. The fourth-order valence-electron chi connectivity index (χ4n) is 2.62. The zero-order chi connectivity index (χ0) is 12.7. The Balaban J connectivity index is 1.86. The third-order valence-electron chi connectivity index (χ3n) is 4.06. The fourth-order valence-corrected chi connectivity index (χ4v) is 2.62. The Morgan fingerprint density at radius 3 is 2.89 bits per heavy atom. The van der Waals surface area contributed by atoms with Gasteiger partial charge in [-0.2, -0.15) is 0 Å². The van der Waals surface area contributed by atoms with E-state index in [4.69, 9.17) is 0 Å². The minimum absolute atomic E-state index is 0.0743. The second-order valence-electron chi connectivity index (χ2n) is 5.34. The van der Waals surface area contributed by atoms with Crippen molar-refractivity contribution in [2.75, 3.05) is 12.4 Å². The number of hydrogen-bond acceptors (Lipinski definition) is 2. The number of amides is 2. The number of rotatable bonds is 2. The highest BCUT2D eigenvalue weighted by molar-refractivity contribution is 5.92. The molecule has 2 amide bonds. The Kier molecular flexibility index (Phi) is 2.74. The Morgan fingerprint density at radius 2 is 2.22 bits per heavy atom. The van der Waals surface area contributed by atoms with E-state index in [0.717, 1.165) is 29.7 Å². The van der Waals surface area contributed by atoms with Gasteiger partial charge in [-0.3, -0.25) is 0 Å². The van der Waals surface area contributed by atoms with Gasteiger partial charge in [0.2, 0.25) is 0 Å². The average Bonchev–Trinajstić information content (AvgIpc) is 2.27. The van der Waals surface area contributed by atoms with Crippen LogP contribution in [0, 0.1) is 5.92 Å². The quantitative estimate of drug-likeness (QED) is 0.842. The van der Waals surface area contributed by atoms with Crippen molar-refractivity contribution in [1.82, 2.24) is 4.90 Å². The van der Waals surface area contributed by atoms with E-state index in [-0.39, 0.29) is 12.1 Å². The largest absolute Gasteiger partial charge is 0.388 e. The van der Waals surface area contributed by atoms with Crippen LogP contribution in [0.5, 0.6) is 0 Å². The van der Waals surface area contributed by atoms with Crippen molar-refractivity contribution in [1.29, 1.82) is 0 Å². The van der Waals surface area contributed by atoms with Gasteiger partial charge in [-0.1, -0.05) is 12.5 Å². The molecule has 4 heteroatoms. The number of urea groups is 1. The van der Waals surface area contributed by atoms with Crippen LogP contribution in [0.25, 0.3) is 0 Å². The van der Waals surface area contributed by atoms with Gasteiger partial charge < -0.3 is 15.3 Å². The number of fused-ring (bicyclic) bond motifs is 1. The van der Waals surface area contributed by atoms with Crippen molar-refractivity contribution < 1.29 is 9.90 Å². The van der Waals surface area contributed by atoms with Gasteiger partial charge in [-0.25, -0.2) is 4.79 Å². The molecule has 96 valence electrons. The molecule has 1 heterocycles. The number of nitrogens with zero attached hydrogens (tertiary/aromatic N) is 1. The van der Waals surface area contributed by atoms with Crippen LogP contribution in [0.15, 0.2) is 18.2 Å². The molecule has 0 radical (unpaired) electrons. The van der Waals surface area contributed by atoms with Crippen LogP contribution in [-0.4, -0.2) is 23.1 Å². The van der Waals surface area contributed by atoms with Crippen LogP contribution in [0.1, 0.15) is 36.5 Å². The zero-order valence-corrected chi connectivity index (χ0v) is 10.5. The summed E-state index contributed by atoms with van der Waals surface area (Å²) in [4.78, 5) is 13.1. The van der Waals surface area contributed by atoms with E-state index in [9.17, 15) is 9.90 Å². The van der Waals surface area contributed by atoms with Gasteiger partial charge in [0, 0.05) is 19.3 Å². The van der Waals surface area contributed by atoms with Crippen LogP contribution < -0.4 is 5.32 Å². The van der Waals surface area contributed by atoms with Crippen molar-refractivity contribution >= 4 is 11.7 Å². The zero-order valence-electron chi connectivity index (χ0n) is 10.5. The van der Waals surface area contributed by atoms with Gasteiger partial charge >= 0.3 is 6.03 Å². The smallest absolute Gasteiger partial charge is 0.321 e. The van der Waals surface area contributed by atoms with Gasteiger partial charge in [0.1, 0.15) is 0 Å². The number of carbonyl (C=O) groups excluding carboxylic acids is 1. The summed E-state index contributed by atoms with van der Waals surface area (Å²) in [7, 11) is 1.77. The lowest BCUT2D eigenvalue weighted by molar-refractivity contribution is 0.0620. The molecule has 3 rings (SSSR count). The first-order chi connectivity index (χ1) is 8.65. The highest BCUT2D eigenvalue weighted by atomic mass is 16.3. The van der Waals surface area contributed by atoms with E-state index < -0.39 is 0 Å². The number of hydrogen-bond donors (Lipinski definition) is 2. The second-order valence-corrected chi connectivity index (χ2v) is 5.34. The molecule has 2 N–H and O–H groups in total. The standard InChI is InChI=1S/C14H18N2O2/c1-16-8-11-7-10(13(17)9-3-2-4-9)5-6-12(11)15-14(16)18/h5-7,9,13,17H,2-4,8H2,1H3,(H,15,18). The van der Waals surface area contributed by atoms with E-state index in [1.807, 2.05) is 18.2 Å². The van der Waals surface area contributed by atoms with Crippen LogP contribution in [0.2, 0.25) is 0 Å². The molecule has 1 aliphatic heterocycles. The van der Waals surface area contributed by atoms with Crippen LogP contribution in [0.4, 0.5) is 10.5 Å². The van der Waals surface area contributed by atoms with E-state index in [2.05, 4.69) is 5.32 Å². The maximum absolute atomic E-state index is 11.5. The van der Waals surface area contributed by atoms with E-state index in [1.54, 1.807) is 11.9 Å². The lowest BCUT2D eigenvalue weighted by atomic mass is 9.78. The van der Waals surface area contributed by atoms with Gasteiger partial charge in [-0.15, -0.1) is 0 Å². The molecule has 1 fully saturated rings. The van der Waals surface area contributed by atoms with Crippen molar-refractivity contribution in [2.24, 2.45) is 5.92 Å². The monoisotopic (exact) mass is 246 g/mol. The van der Waals surface area contributed by atoms with Gasteiger partial charge in [-0.05, 0) is 42.0 Å². The van der Waals surface area contributed by atoms with E-state index in [0.29, 0.717) is 12.5 Å². The topological polar surface area (TPSA) is 52.6 Å². The summed E-state index contributed by atoms with van der Waals surface area (Å²) < 4.78 is 0. The predicted octanol–water partition coefficient (Wildman–Crippen LogP) is 2.50. The first kappa shape index (κ1) is 11.5. The minimum atomic E-state index is -0.355. The summed E-state index contributed by atoms with van der Waals surface area (Å²) in [6.45, 7) is 0.604. The number of benzene rings is 1. The van der Waals surface area contributed by atoms with Crippen LogP contribution >= 0.6 is 0 Å². The predicted molar refractivity (Wildman–Crippen MR) is 69.2 cm³/mol. The third-order valence-corrected chi connectivity index (χ3v) is 4.06. The normalized spacial score (nSPS) is 21.0. The fraction of sp³-hybridized carbons (Fsp3) is 0.500. The summed E-state index contributed by atoms with van der Waals surface area (Å²) in [5.41, 5.74) is 2.92. The van der Waals surface area contributed by atoms with Crippen molar-refractivity contribution in [3.8, 4) is 0 Å². The molecule has 0 bridgehead atoms. The van der Waals surface area contributed by atoms with Crippen LogP contribution in [-0.2, 0) is 6.54 Å². The molecule has 4 nitrogen and oxygen atoms in total. The number of carbonyl (C=O) groups is 1. The Morgan fingerprint density at radius 1 is 1.44 bits per heavy atom. The maximum Gasteiger partial charge on any atom is 0.321 e. The van der Waals surface area contributed by atoms with Crippen molar-refractivity contribution in [2.45, 2.75) is 31.9 Å². The number of aliphatic hydroxyl groups is 1. The molecule has 1 atom stereocenters. The molecule has 1 unspecified atom stereocenters. The van der Waals surface area contributed by atoms with E-state index in [1.165, 1.54) is 6.42 Å². The Labute approximate surface area is 107 Å². The third kappa shape index (κ3) is 1.86. The molecule has 0 aromatic heterocycles. The van der Waals surface area contributed by atoms with Gasteiger partial charge in [0.05, 0.1) is 6.10 Å². The molecule has 1 aromatic carbocycles. The SMILES string of the molecule is CN1Cc2cc(C(O)C3CCC3)ccc2NC1=O. The maximum atomic E-state index is 11.5. The molecular weight excluding hydrogens is 228 g/mol. The number of anilines is 1. The lowest BCUT2D eigenvalue weighted by Gasteiger charge is -2.32. The van der Waals surface area contributed by atoms with E-state index >= 15 is 0 Å². The summed E-state index contributed by atoms with van der Waals surface area (Å²) in [5, 5.41) is 13.1. The molecule has 1 saturated carbocycles. The molecule has 0 saturated heterocycles. The molecule has 0 spiro atoms. The second kappa shape index (κ2) is 4.28. The first-order valence-electron chi connectivity index (χ1n) is 6.48. The summed E-state index contributed by atoms with van der Waals surface area (Å²) in [6.07, 6.45) is 3.11. The lowest BCUT2D eigenvalue weighted by Crippen LogP contribution is -2.35. The van der Waals surface area contributed by atoms with Crippen molar-refractivity contribution in [3.05, 3.63) is 29.3 Å². The molecule has 1 aromatic rings. The summed E-state index contributed by atoms with van der Waals surface area (Å²) >= 11 is 0. The molecule has 18 heavy (non-hydrogen) atoms. The highest BCUT2D eigenvalue weighted by Gasteiger charge is 2.28. The number of aliphatic hydroxyl groups excluding tert-OH is 1. The van der Waals surface area contributed by atoms with Crippen LogP contribution in [0.3, 0.4) is 0 Å². The van der Waals surface area contributed by atoms with Gasteiger partial charge in [0.15, 0.2) is 0 Å². The highest BCUT2D eigenvalue weighted by Crippen LogP contribution is 2.38. The average molecular weight is 246 g/mol. The summed E-state index contributed by atoms with van der Waals surface area (Å²) in [6, 6.07) is 5.77. The molecule has 2 aliphatic rings. The number of nitrogens with one attached hydrogen (secondary N) is 1. The van der Waals surface area contributed by atoms with Gasteiger partial charge in [0.25, 0.3) is 0 Å².